The normalized spacial score (nSPS) is 22.1. The third kappa shape index (κ3) is 3.00. The van der Waals surface area contributed by atoms with Crippen LogP contribution in [0.3, 0.4) is 0 Å². The fraction of sp³-hybridized carbons (Fsp3) is 0.238. The van der Waals surface area contributed by atoms with Crippen molar-refractivity contribution in [2.45, 2.75) is 25.0 Å². The molecule has 0 saturated carbocycles. The summed E-state index contributed by atoms with van der Waals surface area (Å²) in [6, 6.07) is 11.6. The molecule has 7 nitrogen and oxygen atoms in total. The summed E-state index contributed by atoms with van der Waals surface area (Å²) in [6.45, 7) is 2.59. The molecule has 0 radical (unpaired) electrons. The van der Waals surface area contributed by atoms with Gasteiger partial charge in [0.2, 0.25) is 0 Å². The number of ether oxygens (including phenoxy) is 1. The zero-order valence-corrected chi connectivity index (χ0v) is 16.4. The number of nitriles is 1. The molecule has 4 heterocycles. The van der Waals surface area contributed by atoms with E-state index in [0.29, 0.717) is 17.3 Å². The number of rotatable bonds is 4. The van der Waals surface area contributed by atoms with Crippen molar-refractivity contribution in [3.63, 3.8) is 0 Å². The van der Waals surface area contributed by atoms with Crippen LogP contribution in [0.1, 0.15) is 16.7 Å². The molecule has 3 atom stereocenters. The van der Waals surface area contributed by atoms with Gasteiger partial charge in [0.25, 0.3) is 5.91 Å². The van der Waals surface area contributed by atoms with E-state index in [1.54, 1.807) is 23.5 Å². The fourth-order valence-corrected chi connectivity index (χ4v) is 4.80. The van der Waals surface area contributed by atoms with Gasteiger partial charge in [0.1, 0.15) is 5.75 Å². The van der Waals surface area contributed by atoms with Gasteiger partial charge in [-0.15, -0.1) is 11.3 Å². The van der Waals surface area contributed by atoms with Crippen molar-refractivity contribution in [3.8, 4) is 28.1 Å². The smallest absolute Gasteiger partial charge is 0.283 e. The Labute approximate surface area is 171 Å². The number of amides is 1. The van der Waals surface area contributed by atoms with Crippen molar-refractivity contribution in [1.29, 1.82) is 5.26 Å². The van der Waals surface area contributed by atoms with Gasteiger partial charge in [0.15, 0.2) is 17.0 Å². The number of pyridine rings is 1. The summed E-state index contributed by atoms with van der Waals surface area (Å²) in [4.78, 5) is 25.9. The van der Waals surface area contributed by atoms with Crippen LogP contribution in [-0.2, 0) is 0 Å². The molecule has 0 spiro atoms. The Balaban J connectivity index is 1.37. The van der Waals surface area contributed by atoms with Crippen LogP contribution in [0.2, 0.25) is 0 Å². The number of fused-ring (bicyclic) bond motifs is 1. The number of benzene rings is 1. The number of thiazole rings is 1. The van der Waals surface area contributed by atoms with Gasteiger partial charge in [-0.05, 0) is 25.1 Å². The molecule has 1 aromatic carbocycles. The number of hydrogen-bond donors (Lipinski definition) is 0. The lowest BCUT2D eigenvalue weighted by atomic mass is 10.2. The highest BCUT2D eigenvalue weighted by Gasteiger charge is 2.61. The van der Waals surface area contributed by atoms with Gasteiger partial charge in [0, 0.05) is 18.0 Å². The minimum Gasteiger partial charge on any atom is -0.455 e. The highest BCUT2D eigenvalue weighted by Crippen LogP contribution is 2.42. The molecule has 2 unspecified atom stereocenters. The van der Waals surface area contributed by atoms with Gasteiger partial charge in [0.05, 0.1) is 35.7 Å². The SMILES string of the molecule is CC1[C@H]2C(CN1C#N)N2C(=O)c1ncc(-c2ccncc2Oc2ccccc2)s1. The van der Waals surface area contributed by atoms with Crippen molar-refractivity contribution < 1.29 is 9.53 Å². The highest BCUT2D eigenvalue weighted by atomic mass is 32.1. The van der Waals surface area contributed by atoms with Gasteiger partial charge >= 0.3 is 0 Å². The van der Waals surface area contributed by atoms with Crippen LogP contribution in [-0.4, -0.2) is 50.3 Å². The molecule has 2 aromatic heterocycles. The van der Waals surface area contributed by atoms with Crippen LogP contribution in [0.15, 0.2) is 55.0 Å². The van der Waals surface area contributed by atoms with Crippen LogP contribution in [0.4, 0.5) is 0 Å². The van der Waals surface area contributed by atoms with E-state index in [1.165, 1.54) is 11.3 Å². The van der Waals surface area contributed by atoms with Gasteiger partial charge in [-0.1, -0.05) is 18.2 Å². The first-order valence-electron chi connectivity index (χ1n) is 9.29. The van der Waals surface area contributed by atoms with E-state index in [4.69, 9.17) is 10.00 Å². The second kappa shape index (κ2) is 6.87. The second-order valence-electron chi connectivity index (χ2n) is 7.08. The Morgan fingerprint density at radius 3 is 2.83 bits per heavy atom. The van der Waals surface area contributed by atoms with Gasteiger partial charge in [-0.2, -0.15) is 5.26 Å². The molecule has 8 heteroatoms. The molecule has 29 heavy (non-hydrogen) atoms. The monoisotopic (exact) mass is 403 g/mol. The predicted molar refractivity (Wildman–Crippen MR) is 107 cm³/mol. The van der Waals surface area contributed by atoms with Crippen molar-refractivity contribution in [2.75, 3.05) is 6.54 Å². The van der Waals surface area contributed by atoms with E-state index in [9.17, 15) is 4.79 Å². The quantitative estimate of drug-likeness (QED) is 0.491. The first-order chi connectivity index (χ1) is 14.2. The predicted octanol–water partition coefficient (Wildman–Crippen LogP) is 3.38. The van der Waals surface area contributed by atoms with Gasteiger partial charge < -0.3 is 14.5 Å². The summed E-state index contributed by atoms with van der Waals surface area (Å²) in [5.41, 5.74) is 0.843. The average Bonchev–Trinajstić information content (AvgIpc) is 3.07. The first kappa shape index (κ1) is 17.6. The number of para-hydroxylation sites is 1. The Bertz CT molecular complexity index is 1110. The lowest BCUT2D eigenvalue weighted by Crippen LogP contribution is -2.35. The van der Waals surface area contributed by atoms with Crippen molar-refractivity contribution >= 4 is 17.2 Å². The summed E-state index contributed by atoms with van der Waals surface area (Å²) < 4.78 is 5.98. The average molecular weight is 403 g/mol. The number of carbonyl (C=O) groups is 1. The standard InChI is InChI=1S/C21H17N5O2S/c1-13-19-16(11-25(13)12-22)26(19)21(27)20-24-10-18(29-20)15-7-8-23-9-17(15)28-14-5-3-2-4-6-14/h2-10,13,16,19H,11H2,1H3/t13?,16?,19-,26?/m0/s1. The molecule has 0 bridgehead atoms. The Hall–Kier alpha value is -3.44. The number of nitrogens with zero attached hydrogens (tertiary/aromatic N) is 5. The van der Waals surface area contributed by atoms with Crippen LogP contribution >= 0.6 is 11.3 Å². The number of aromatic nitrogens is 2. The molecular formula is C21H17N5O2S. The van der Waals surface area contributed by atoms with Gasteiger partial charge in [-0.25, -0.2) is 4.98 Å². The largest absolute Gasteiger partial charge is 0.455 e. The Kier molecular flexibility index (Phi) is 4.18. The molecule has 2 fully saturated rings. The maximum absolute atomic E-state index is 12.9. The molecule has 2 aliphatic heterocycles. The molecule has 2 saturated heterocycles. The lowest BCUT2D eigenvalue weighted by Gasteiger charge is -2.20. The molecule has 0 N–H and O–H groups in total. The number of likely N-dealkylation sites (tertiary alicyclic amines) is 1. The minimum atomic E-state index is -0.0692. The number of piperazine rings is 1. The molecule has 144 valence electrons. The Morgan fingerprint density at radius 1 is 1.28 bits per heavy atom. The molecular weight excluding hydrogens is 386 g/mol. The zero-order valence-electron chi connectivity index (χ0n) is 15.6. The Morgan fingerprint density at radius 2 is 2.10 bits per heavy atom. The molecule has 0 aliphatic carbocycles. The topological polar surface area (TPSA) is 82.1 Å². The maximum atomic E-state index is 12.9. The molecule has 1 amide bonds. The fourth-order valence-electron chi connectivity index (χ4n) is 3.91. The molecule has 2 aliphatic rings. The van der Waals surface area contributed by atoms with Crippen LogP contribution in [0.25, 0.3) is 10.4 Å². The zero-order chi connectivity index (χ0) is 20.0. The van der Waals surface area contributed by atoms with E-state index in [0.717, 1.165) is 16.2 Å². The summed E-state index contributed by atoms with van der Waals surface area (Å²) in [6.07, 6.45) is 7.25. The van der Waals surface area contributed by atoms with Crippen LogP contribution < -0.4 is 4.74 Å². The number of carbonyl (C=O) groups excluding carboxylic acids is 1. The van der Waals surface area contributed by atoms with E-state index in [-0.39, 0.29) is 24.0 Å². The van der Waals surface area contributed by atoms with E-state index < -0.39 is 0 Å². The highest BCUT2D eigenvalue weighted by molar-refractivity contribution is 7.17. The van der Waals surface area contributed by atoms with Crippen molar-refractivity contribution in [3.05, 3.63) is 60.0 Å². The van der Waals surface area contributed by atoms with Crippen LogP contribution in [0.5, 0.6) is 11.5 Å². The van der Waals surface area contributed by atoms with Gasteiger partial charge in [-0.3, -0.25) is 9.78 Å². The summed E-state index contributed by atoms with van der Waals surface area (Å²) in [7, 11) is 0. The third-order valence-corrected chi connectivity index (χ3v) is 6.44. The number of hydrogen-bond acceptors (Lipinski definition) is 7. The van der Waals surface area contributed by atoms with Crippen molar-refractivity contribution in [1.82, 2.24) is 19.8 Å². The molecule has 5 rings (SSSR count). The van der Waals surface area contributed by atoms with E-state index in [1.807, 2.05) is 48.2 Å². The lowest BCUT2D eigenvalue weighted by molar-refractivity contribution is 0.0832. The van der Waals surface area contributed by atoms with Crippen molar-refractivity contribution in [2.24, 2.45) is 0 Å². The summed E-state index contributed by atoms with van der Waals surface area (Å²) in [5, 5.41) is 9.57. The first-order valence-corrected chi connectivity index (χ1v) is 10.1. The molecule has 3 aromatic rings. The second-order valence-corrected chi connectivity index (χ2v) is 8.11. The van der Waals surface area contributed by atoms with E-state index >= 15 is 0 Å². The summed E-state index contributed by atoms with van der Waals surface area (Å²) >= 11 is 1.34. The summed E-state index contributed by atoms with van der Waals surface area (Å²) in [5.74, 6) is 1.26. The maximum Gasteiger partial charge on any atom is 0.283 e. The van der Waals surface area contributed by atoms with Crippen LogP contribution in [0, 0.1) is 11.5 Å². The minimum absolute atomic E-state index is 0.0551. The van der Waals surface area contributed by atoms with E-state index in [2.05, 4.69) is 16.2 Å². The third-order valence-electron chi connectivity index (χ3n) is 5.43.